The lowest BCUT2D eigenvalue weighted by molar-refractivity contribution is 0.0200. The summed E-state index contributed by atoms with van der Waals surface area (Å²) in [5.74, 6) is 0.180. The van der Waals surface area contributed by atoms with Crippen molar-refractivity contribution in [3.05, 3.63) is 0 Å². The van der Waals surface area contributed by atoms with Crippen molar-refractivity contribution in [2.45, 2.75) is 51.7 Å². The summed E-state index contributed by atoms with van der Waals surface area (Å²) in [5, 5.41) is 3.21. The first-order chi connectivity index (χ1) is 8.49. The maximum atomic E-state index is 11.7. The Bertz CT molecular complexity index is 311. The van der Waals surface area contributed by atoms with Crippen molar-refractivity contribution in [2.75, 3.05) is 25.4 Å². The highest BCUT2D eigenvalue weighted by Gasteiger charge is 2.17. The van der Waals surface area contributed by atoms with E-state index in [1.807, 2.05) is 13.8 Å². The van der Waals surface area contributed by atoms with Gasteiger partial charge in [0.15, 0.2) is 0 Å². The third-order valence-electron chi connectivity index (χ3n) is 2.95. The lowest BCUT2D eigenvalue weighted by Gasteiger charge is -2.22. The molecule has 1 aliphatic rings. The summed E-state index contributed by atoms with van der Waals surface area (Å²) in [6.45, 7) is 6.00. The molecule has 0 aromatic heterocycles. The molecular formula is C12H26N2O3S. The molecule has 108 valence electrons. The standard InChI is InChI=1S/C12H26N2O3S/c1-11(2)13-7-5-9-18(15,16)14-10-12-6-3-4-8-17-12/h11-14H,3-10H2,1-2H3. The highest BCUT2D eigenvalue weighted by Crippen LogP contribution is 2.11. The molecule has 0 spiro atoms. The van der Waals surface area contributed by atoms with Gasteiger partial charge in [-0.05, 0) is 32.2 Å². The molecule has 18 heavy (non-hydrogen) atoms. The lowest BCUT2D eigenvalue weighted by atomic mass is 10.1. The van der Waals surface area contributed by atoms with Gasteiger partial charge in [-0.25, -0.2) is 13.1 Å². The zero-order chi connectivity index (χ0) is 13.4. The fourth-order valence-corrected chi connectivity index (χ4v) is 3.02. The molecule has 2 N–H and O–H groups in total. The van der Waals surface area contributed by atoms with E-state index in [9.17, 15) is 8.42 Å². The normalized spacial score (nSPS) is 21.4. The van der Waals surface area contributed by atoms with Gasteiger partial charge in [0.25, 0.3) is 0 Å². The number of hydrogen-bond acceptors (Lipinski definition) is 4. The number of sulfonamides is 1. The van der Waals surface area contributed by atoms with Crippen LogP contribution in [0.15, 0.2) is 0 Å². The Balaban J connectivity index is 2.14. The van der Waals surface area contributed by atoms with Crippen LogP contribution in [0.5, 0.6) is 0 Å². The molecule has 1 fully saturated rings. The van der Waals surface area contributed by atoms with Crippen LogP contribution in [0.1, 0.15) is 39.5 Å². The quantitative estimate of drug-likeness (QED) is 0.646. The number of rotatable bonds is 8. The van der Waals surface area contributed by atoms with Crippen molar-refractivity contribution in [3.63, 3.8) is 0 Å². The summed E-state index contributed by atoms with van der Waals surface area (Å²) >= 11 is 0. The van der Waals surface area contributed by atoms with Crippen molar-refractivity contribution in [2.24, 2.45) is 0 Å². The first-order valence-corrected chi connectivity index (χ1v) is 8.47. The summed E-state index contributed by atoms with van der Waals surface area (Å²) in [7, 11) is -3.15. The van der Waals surface area contributed by atoms with Gasteiger partial charge < -0.3 is 10.1 Å². The summed E-state index contributed by atoms with van der Waals surface area (Å²) in [6, 6.07) is 0.399. The first-order valence-electron chi connectivity index (χ1n) is 6.82. The third kappa shape index (κ3) is 7.31. The van der Waals surface area contributed by atoms with E-state index >= 15 is 0 Å². The second-order valence-corrected chi connectivity index (χ2v) is 7.04. The summed E-state index contributed by atoms with van der Waals surface area (Å²) in [4.78, 5) is 0. The Morgan fingerprint density at radius 2 is 2.11 bits per heavy atom. The predicted octanol–water partition coefficient (Wildman–Crippen LogP) is 0.863. The Hall–Kier alpha value is -0.170. The monoisotopic (exact) mass is 278 g/mol. The van der Waals surface area contributed by atoms with Crippen LogP contribution < -0.4 is 10.0 Å². The van der Waals surface area contributed by atoms with Crippen LogP contribution in [0.3, 0.4) is 0 Å². The Labute approximate surface area is 111 Å². The molecule has 5 nitrogen and oxygen atoms in total. The van der Waals surface area contributed by atoms with Crippen LogP contribution in [0.25, 0.3) is 0 Å². The minimum atomic E-state index is -3.15. The van der Waals surface area contributed by atoms with Crippen LogP contribution in [0.4, 0.5) is 0 Å². The van der Waals surface area contributed by atoms with E-state index in [0.29, 0.717) is 19.0 Å². The van der Waals surface area contributed by atoms with Crippen molar-refractivity contribution in [1.82, 2.24) is 10.0 Å². The van der Waals surface area contributed by atoms with Gasteiger partial charge in [0.2, 0.25) is 10.0 Å². The predicted molar refractivity (Wildman–Crippen MR) is 73.1 cm³/mol. The molecule has 1 aliphatic heterocycles. The van der Waals surface area contributed by atoms with Crippen molar-refractivity contribution < 1.29 is 13.2 Å². The van der Waals surface area contributed by atoms with Gasteiger partial charge >= 0.3 is 0 Å². The van der Waals surface area contributed by atoms with Gasteiger partial charge in [-0.15, -0.1) is 0 Å². The summed E-state index contributed by atoms with van der Waals surface area (Å²) < 4.78 is 31.6. The second-order valence-electron chi connectivity index (χ2n) is 5.12. The van der Waals surface area contributed by atoms with Crippen molar-refractivity contribution >= 4 is 10.0 Å². The van der Waals surface area contributed by atoms with Gasteiger partial charge in [-0.1, -0.05) is 13.8 Å². The van der Waals surface area contributed by atoms with Crippen molar-refractivity contribution in [1.29, 1.82) is 0 Å². The first kappa shape index (κ1) is 15.9. The molecule has 1 heterocycles. The van der Waals surface area contributed by atoms with Crippen LogP contribution in [-0.4, -0.2) is 46.0 Å². The fourth-order valence-electron chi connectivity index (χ4n) is 1.91. The van der Waals surface area contributed by atoms with Gasteiger partial charge in [0, 0.05) is 19.2 Å². The van der Waals surface area contributed by atoms with Crippen LogP contribution >= 0.6 is 0 Å². The molecule has 1 rings (SSSR count). The molecule has 1 atom stereocenters. The summed E-state index contributed by atoms with van der Waals surface area (Å²) in [5.41, 5.74) is 0. The smallest absolute Gasteiger partial charge is 0.211 e. The molecule has 0 aromatic carbocycles. The molecule has 0 saturated carbocycles. The molecular weight excluding hydrogens is 252 g/mol. The second kappa shape index (κ2) is 8.09. The van der Waals surface area contributed by atoms with E-state index in [1.54, 1.807) is 0 Å². The minimum Gasteiger partial charge on any atom is -0.377 e. The maximum absolute atomic E-state index is 11.7. The molecule has 0 radical (unpaired) electrons. The molecule has 1 saturated heterocycles. The highest BCUT2D eigenvalue weighted by atomic mass is 32.2. The molecule has 1 unspecified atom stereocenters. The third-order valence-corrected chi connectivity index (χ3v) is 4.38. The van der Waals surface area contributed by atoms with Crippen molar-refractivity contribution in [3.8, 4) is 0 Å². The Morgan fingerprint density at radius 1 is 1.33 bits per heavy atom. The van der Waals surface area contributed by atoms with Gasteiger partial charge in [0.1, 0.15) is 0 Å². The molecule has 0 amide bonds. The average molecular weight is 278 g/mol. The van der Waals surface area contributed by atoms with E-state index in [0.717, 1.165) is 32.4 Å². The largest absolute Gasteiger partial charge is 0.377 e. The van der Waals surface area contributed by atoms with E-state index < -0.39 is 10.0 Å². The number of nitrogens with one attached hydrogen (secondary N) is 2. The van der Waals surface area contributed by atoms with Gasteiger partial charge in [-0.3, -0.25) is 0 Å². The molecule has 0 aromatic rings. The molecule has 6 heteroatoms. The van der Waals surface area contributed by atoms with E-state index in [2.05, 4.69) is 10.0 Å². The van der Waals surface area contributed by atoms with Gasteiger partial charge in [-0.2, -0.15) is 0 Å². The van der Waals surface area contributed by atoms with Gasteiger partial charge in [0.05, 0.1) is 11.9 Å². The zero-order valence-electron chi connectivity index (χ0n) is 11.4. The van der Waals surface area contributed by atoms with E-state index in [1.165, 1.54) is 0 Å². The number of hydrogen-bond donors (Lipinski definition) is 2. The SMILES string of the molecule is CC(C)NCCCS(=O)(=O)NCC1CCCCO1. The topological polar surface area (TPSA) is 67.4 Å². The lowest BCUT2D eigenvalue weighted by Crippen LogP contribution is -2.37. The molecule has 0 aliphatic carbocycles. The number of ether oxygens (including phenoxy) is 1. The average Bonchev–Trinajstić information content (AvgIpc) is 2.34. The minimum absolute atomic E-state index is 0.0577. The Kier molecular flexibility index (Phi) is 7.14. The zero-order valence-corrected chi connectivity index (χ0v) is 12.3. The molecule has 0 bridgehead atoms. The summed E-state index contributed by atoms with van der Waals surface area (Å²) in [6.07, 6.45) is 3.87. The van der Waals surface area contributed by atoms with Crippen LogP contribution in [-0.2, 0) is 14.8 Å². The highest BCUT2D eigenvalue weighted by molar-refractivity contribution is 7.89. The van der Waals surface area contributed by atoms with E-state index in [4.69, 9.17) is 4.74 Å². The van der Waals surface area contributed by atoms with Crippen LogP contribution in [0, 0.1) is 0 Å². The fraction of sp³-hybridized carbons (Fsp3) is 1.00. The van der Waals surface area contributed by atoms with E-state index in [-0.39, 0.29) is 11.9 Å². The Morgan fingerprint density at radius 3 is 2.72 bits per heavy atom. The van der Waals surface area contributed by atoms with Crippen LogP contribution in [0.2, 0.25) is 0 Å². The maximum Gasteiger partial charge on any atom is 0.211 e.